The summed E-state index contributed by atoms with van der Waals surface area (Å²) in [5.41, 5.74) is 10.9. The Bertz CT molecular complexity index is 1200. The lowest BCUT2D eigenvalue weighted by Crippen LogP contribution is -2.24. The summed E-state index contributed by atoms with van der Waals surface area (Å²) in [5, 5.41) is 0. The number of rotatable bonds is 5. The van der Waals surface area contributed by atoms with Crippen LogP contribution in [0.1, 0.15) is 24.0 Å². The van der Waals surface area contributed by atoms with Crippen LogP contribution in [0, 0.1) is 0 Å². The van der Waals surface area contributed by atoms with Crippen LogP contribution < -0.4 is 0 Å². The first kappa shape index (κ1) is 17.2. The lowest BCUT2D eigenvalue weighted by Gasteiger charge is -2.32. The van der Waals surface area contributed by atoms with Gasteiger partial charge in [0.2, 0.25) is 0 Å². The molecule has 4 aromatic rings. The van der Waals surface area contributed by atoms with Gasteiger partial charge in [-0.15, -0.1) is 24.5 Å². The van der Waals surface area contributed by atoms with E-state index in [1.807, 2.05) is 5.51 Å². The second kappa shape index (κ2) is 6.57. The first-order chi connectivity index (χ1) is 13.8. The van der Waals surface area contributed by atoms with Crippen molar-refractivity contribution in [3.05, 3.63) is 103 Å². The Kier molecular flexibility index (Phi) is 4.03. The van der Waals surface area contributed by atoms with Crippen LogP contribution in [-0.2, 0) is 5.41 Å². The molecule has 1 heterocycles. The average molecular weight is 380 g/mol. The van der Waals surface area contributed by atoms with Gasteiger partial charge < -0.3 is 0 Å². The summed E-state index contributed by atoms with van der Waals surface area (Å²) in [4.78, 5) is 4.53. The molecule has 28 heavy (non-hydrogen) atoms. The number of fused-ring (bicyclic) bond motifs is 4. The molecule has 2 heteroatoms. The van der Waals surface area contributed by atoms with E-state index in [9.17, 15) is 0 Å². The normalized spacial score (nSPS) is 13.9. The standard InChI is InChI=1S/C26H21NS/c1-3-15-26(16-4-2)22-13-6-5-9-18(22)19-10-7-11-20(24(19)26)21-12-8-14-23-25(21)28-17-27-23/h3-14,17H,1-2,15-16H2. The SMILES string of the molecule is C=CCC1(CC=C)c2ccccc2-c2cccc(-c3cccc4ncsc34)c21. The van der Waals surface area contributed by atoms with Gasteiger partial charge in [0.05, 0.1) is 15.7 Å². The Hall–Kier alpha value is -2.97. The van der Waals surface area contributed by atoms with Gasteiger partial charge in [-0.1, -0.05) is 66.7 Å². The molecule has 0 saturated carbocycles. The summed E-state index contributed by atoms with van der Waals surface area (Å²) in [7, 11) is 0. The number of allylic oxidation sites excluding steroid dienone is 2. The van der Waals surface area contributed by atoms with Crippen LogP contribution in [0.25, 0.3) is 32.5 Å². The predicted molar refractivity (Wildman–Crippen MR) is 121 cm³/mol. The van der Waals surface area contributed by atoms with Crippen molar-refractivity contribution in [2.45, 2.75) is 18.3 Å². The van der Waals surface area contributed by atoms with Gasteiger partial charge >= 0.3 is 0 Å². The van der Waals surface area contributed by atoms with Crippen LogP contribution in [0.15, 0.2) is 91.5 Å². The van der Waals surface area contributed by atoms with E-state index in [2.05, 4.69) is 91.0 Å². The van der Waals surface area contributed by atoms with E-state index in [0.29, 0.717) is 0 Å². The molecule has 136 valence electrons. The molecule has 5 rings (SSSR count). The Morgan fingerprint density at radius 1 is 0.786 bits per heavy atom. The quantitative estimate of drug-likeness (QED) is 0.330. The van der Waals surface area contributed by atoms with Gasteiger partial charge in [0.1, 0.15) is 0 Å². The highest BCUT2D eigenvalue weighted by Gasteiger charge is 2.43. The first-order valence-corrected chi connectivity index (χ1v) is 10.5. The summed E-state index contributed by atoms with van der Waals surface area (Å²) in [6.45, 7) is 8.20. The van der Waals surface area contributed by atoms with Crippen LogP contribution in [0.5, 0.6) is 0 Å². The third-order valence-electron chi connectivity index (χ3n) is 5.91. The Morgan fingerprint density at radius 2 is 1.43 bits per heavy atom. The number of thiazole rings is 1. The highest BCUT2D eigenvalue weighted by Crippen LogP contribution is 2.56. The van der Waals surface area contributed by atoms with E-state index >= 15 is 0 Å². The fourth-order valence-corrected chi connectivity index (χ4v) is 5.70. The van der Waals surface area contributed by atoms with Crippen molar-refractivity contribution in [3.63, 3.8) is 0 Å². The number of benzene rings is 3. The van der Waals surface area contributed by atoms with Crippen molar-refractivity contribution in [2.75, 3.05) is 0 Å². The molecule has 0 amide bonds. The van der Waals surface area contributed by atoms with Crippen molar-refractivity contribution in [1.82, 2.24) is 4.98 Å². The molecule has 0 fully saturated rings. The smallest absolute Gasteiger partial charge is 0.0818 e. The number of hydrogen-bond acceptors (Lipinski definition) is 2. The fourth-order valence-electron chi connectivity index (χ4n) is 4.89. The summed E-state index contributed by atoms with van der Waals surface area (Å²) in [6.07, 6.45) is 5.89. The zero-order chi connectivity index (χ0) is 19.1. The number of hydrogen-bond donors (Lipinski definition) is 0. The maximum Gasteiger partial charge on any atom is 0.0818 e. The van der Waals surface area contributed by atoms with Crippen LogP contribution in [0.3, 0.4) is 0 Å². The van der Waals surface area contributed by atoms with Crippen LogP contribution >= 0.6 is 11.3 Å². The molecule has 1 aliphatic carbocycles. The van der Waals surface area contributed by atoms with Gasteiger partial charge in [0.25, 0.3) is 0 Å². The van der Waals surface area contributed by atoms with Gasteiger partial charge in [-0.3, -0.25) is 0 Å². The van der Waals surface area contributed by atoms with Crippen molar-refractivity contribution in [3.8, 4) is 22.3 Å². The van der Waals surface area contributed by atoms with Crippen LogP contribution in [-0.4, -0.2) is 4.98 Å². The van der Waals surface area contributed by atoms with Crippen molar-refractivity contribution in [1.29, 1.82) is 0 Å². The minimum atomic E-state index is -0.126. The molecule has 0 spiro atoms. The van der Waals surface area contributed by atoms with Gasteiger partial charge in [-0.2, -0.15) is 0 Å². The summed E-state index contributed by atoms with van der Waals surface area (Å²) in [6, 6.07) is 22.0. The molecular formula is C26H21NS. The third kappa shape index (κ3) is 2.28. The highest BCUT2D eigenvalue weighted by atomic mass is 32.1. The molecule has 0 N–H and O–H groups in total. The largest absolute Gasteiger partial charge is 0.245 e. The van der Waals surface area contributed by atoms with Gasteiger partial charge in [0, 0.05) is 11.0 Å². The van der Waals surface area contributed by atoms with Crippen LogP contribution in [0.2, 0.25) is 0 Å². The maximum absolute atomic E-state index is 4.53. The monoisotopic (exact) mass is 379 g/mol. The maximum atomic E-state index is 4.53. The molecular weight excluding hydrogens is 358 g/mol. The van der Waals surface area contributed by atoms with Crippen LogP contribution in [0.4, 0.5) is 0 Å². The molecule has 3 aromatic carbocycles. The Balaban J connectivity index is 1.90. The highest BCUT2D eigenvalue weighted by molar-refractivity contribution is 7.17. The number of aromatic nitrogens is 1. The second-order valence-electron chi connectivity index (χ2n) is 7.35. The molecule has 1 nitrogen and oxygen atoms in total. The lowest BCUT2D eigenvalue weighted by atomic mass is 9.70. The second-order valence-corrected chi connectivity index (χ2v) is 8.20. The minimum absolute atomic E-state index is 0.126. The summed E-state index contributed by atoms with van der Waals surface area (Å²) in [5.74, 6) is 0. The van der Waals surface area contributed by atoms with E-state index in [-0.39, 0.29) is 5.41 Å². The van der Waals surface area contributed by atoms with Crippen molar-refractivity contribution >= 4 is 21.6 Å². The van der Waals surface area contributed by atoms with E-state index in [1.165, 1.54) is 38.1 Å². The third-order valence-corrected chi connectivity index (χ3v) is 6.78. The topological polar surface area (TPSA) is 12.9 Å². The molecule has 0 bridgehead atoms. The molecule has 0 unspecified atom stereocenters. The predicted octanol–water partition coefficient (Wildman–Crippen LogP) is 7.38. The Morgan fingerprint density at radius 3 is 2.21 bits per heavy atom. The van der Waals surface area contributed by atoms with Gasteiger partial charge in [0.15, 0.2) is 0 Å². The zero-order valence-corrected chi connectivity index (χ0v) is 16.5. The molecule has 1 aromatic heterocycles. The van der Waals surface area contributed by atoms with E-state index < -0.39 is 0 Å². The first-order valence-electron chi connectivity index (χ1n) is 9.58. The molecule has 1 aliphatic rings. The van der Waals surface area contributed by atoms with Crippen molar-refractivity contribution in [2.24, 2.45) is 0 Å². The molecule has 0 atom stereocenters. The lowest BCUT2D eigenvalue weighted by molar-refractivity contribution is 0.545. The van der Waals surface area contributed by atoms with Gasteiger partial charge in [-0.25, -0.2) is 4.98 Å². The zero-order valence-electron chi connectivity index (χ0n) is 15.7. The molecule has 0 radical (unpaired) electrons. The fraction of sp³-hybridized carbons (Fsp3) is 0.115. The summed E-state index contributed by atoms with van der Waals surface area (Å²) >= 11 is 1.71. The number of nitrogens with zero attached hydrogens (tertiary/aromatic N) is 1. The van der Waals surface area contributed by atoms with E-state index in [1.54, 1.807) is 11.3 Å². The Labute approximate surface area is 169 Å². The van der Waals surface area contributed by atoms with E-state index in [4.69, 9.17) is 0 Å². The molecule has 0 aliphatic heterocycles. The summed E-state index contributed by atoms with van der Waals surface area (Å²) < 4.78 is 1.25. The average Bonchev–Trinajstić information content (AvgIpc) is 3.31. The van der Waals surface area contributed by atoms with Crippen molar-refractivity contribution < 1.29 is 0 Å². The van der Waals surface area contributed by atoms with Gasteiger partial charge in [-0.05, 0) is 46.7 Å². The molecule has 0 saturated heterocycles. The minimum Gasteiger partial charge on any atom is -0.245 e. The van der Waals surface area contributed by atoms with E-state index in [0.717, 1.165) is 18.4 Å².